The molecule has 0 unspecified atom stereocenters. The lowest BCUT2D eigenvalue weighted by atomic mass is 10.1. The number of benzene rings is 2. The summed E-state index contributed by atoms with van der Waals surface area (Å²) in [7, 11) is 0. The molecular formula is C25H26N4O4S. The summed E-state index contributed by atoms with van der Waals surface area (Å²) in [5.74, 6) is 1.48. The number of aliphatic imine (C=N–C) groups is 1. The second-order valence-electron chi connectivity index (χ2n) is 7.41. The highest BCUT2D eigenvalue weighted by molar-refractivity contribution is 8.26. The van der Waals surface area contributed by atoms with Crippen molar-refractivity contribution < 1.29 is 19.0 Å². The van der Waals surface area contributed by atoms with E-state index in [0.29, 0.717) is 42.1 Å². The molecule has 2 aliphatic heterocycles. The number of nitrogens with zero attached hydrogens (tertiary/aromatic N) is 3. The van der Waals surface area contributed by atoms with Crippen LogP contribution in [0.1, 0.15) is 32.3 Å². The number of carbonyl (C=O) groups is 1. The van der Waals surface area contributed by atoms with Crippen LogP contribution >= 0.6 is 11.8 Å². The van der Waals surface area contributed by atoms with Gasteiger partial charge in [0.15, 0.2) is 17.3 Å². The molecule has 0 fully saturated rings. The Morgan fingerprint density at radius 2 is 1.82 bits per heavy atom. The summed E-state index contributed by atoms with van der Waals surface area (Å²) in [6.45, 7) is 5.15. The predicted molar refractivity (Wildman–Crippen MR) is 135 cm³/mol. The maximum absolute atomic E-state index is 12.6. The fourth-order valence-corrected chi connectivity index (χ4v) is 4.33. The van der Waals surface area contributed by atoms with Gasteiger partial charge in [0, 0.05) is 0 Å². The number of hydrazone groups is 1. The van der Waals surface area contributed by atoms with E-state index in [4.69, 9.17) is 19.6 Å². The van der Waals surface area contributed by atoms with Crippen LogP contribution in [0.2, 0.25) is 0 Å². The molecule has 0 spiro atoms. The number of amides is 1. The standard InChI is InChI=1S/C25H26N4O4S/c1-3-8-22-28-29-23(26)19(24(30)27-25(29)34-22)15-17-11-12-20(21(16-17)31-4-2)33-14-13-32-18-9-6-5-7-10-18/h5-7,9-12,15-16,26H,3-4,8,13-14H2,1-2H3/b19-15-,26-23?. The van der Waals surface area contributed by atoms with Crippen molar-refractivity contribution in [1.29, 1.82) is 5.41 Å². The van der Waals surface area contributed by atoms with Crippen molar-refractivity contribution in [3.8, 4) is 17.2 Å². The van der Waals surface area contributed by atoms with Gasteiger partial charge in [-0.25, -0.2) is 0 Å². The first-order valence-corrected chi connectivity index (χ1v) is 12.0. The van der Waals surface area contributed by atoms with Crippen molar-refractivity contribution >= 4 is 39.8 Å². The van der Waals surface area contributed by atoms with Gasteiger partial charge < -0.3 is 14.2 Å². The van der Waals surface area contributed by atoms with Crippen molar-refractivity contribution in [3.05, 3.63) is 59.7 Å². The maximum atomic E-state index is 12.6. The number of rotatable bonds is 10. The summed E-state index contributed by atoms with van der Waals surface area (Å²) < 4.78 is 17.3. The highest BCUT2D eigenvalue weighted by Gasteiger charge is 2.35. The summed E-state index contributed by atoms with van der Waals surface area (Å²) in [5.41, 5.74) is 0.880. The van der Waals surface area contributed by atoms with Gasteiger partial charge >= 0.3 is 0 Å². The average Bonchev–Trinajstić information content (AvgIpc) is 3.24. The second-order valence-corrected chi connectivity index (χ2v) is 8.45. The Hall–Kier alpha value is -3.59. The Labute approximate surface area is 202 Å². The number of fused-ring (bicyclic) bond motifs is 1. The van der Waals surface area contributed by atoms with E-state index < -0.39 is 5.91 Å². The number of para-hydroxylation sites is 1. The molecule has 0 saturated heterocycles. The molecule has 0 atom stereocenters. The van der Waals surface area contributed by atoms with Crippen LogP contribution in [0.25, 0.3) is 6.08 Å². The van der Waals surface area contributed by atoms with Gasteiger partial charge in [0.1, 0.15) is 24.0 Å². The summed E-state index contributed by atoms with van der Waals surface area (Å²) in [6, 6.07) is 14.9. The Morgan fingerprint density at radius 1 is 1.03 bits per heavy atom. The maximum Gasteiger partial charge on any atom is 0.283 e. The van der Waals surface area contributed by atoms with Gasteiger partial charge in [0.2, 0.25) is 5.17 Å². The minimum Gasteiger partial charge on any atom is -0.490 e. The molecule has 4 rings (SSSR count). The van der Waals surface area contributed by atoms with Crippen molar-refractivity contribution in [2.24, 2.45) is 10.1 Å². The van der Waals surface area contributed by atoms with Gasteiger partial charge in [-0.1, -0.05) is 31.2 Å². The number of amidine groups is 2. The zero-order valence-electron chi connectivity index (χ0n) is 19.1. The summed E-state index contributed by atoms with van der Waals surface area (Å²) in [4.78, 5) is 16.8. The third-order valence-electron chi connectivity index (χ3n) is 4.89. The Morgan fingerprint density at radius 3 is 2.59 bits per heavy atom. The van der Waals surface area contributed by atoms with E-state index >= 15 is 0 Å². The molecule has 176 valence electrons. The number of nitrogens with one attached hydrogen (secondary N) is 1. The molecule has 8 nitrogen and oxygen atoms in total. The average molecular weight is 479 g/mol. The molecule has 2 heterocycles. The normalized spacial score (nSPS) is 16.3. The molecule has 1 N–H and O–H groups in total. The largest absolute Gasteiger partial charge is 0.490 e. The molecule has 2 aromatic carbocycles. The van der Waals surface area contributed by atoms with Crippen LogP contribution in [0.15, 0.2) is 64.2 Å². The van der Waals surface area contributed by atoms with Crippen LogP contribution < -0.4 is 14.2 Å². The zero-order valence-corrected chi connectivity index (χ0v) is 19.9. The van der Waals surface area contributed by atoms with E-state index in [9.17, 15) is 4.79 Å². The van der Waals surface area contributed by atoms with Gasteiger partial charge in [-0.2, -0.15) is 15.1 Å². The fourth-order valence-electron chi connectivity index (χ4n) is 3.34. The molecule has 2 aromatic rings. The van der Waals surface area contributed by atoms with Crippen LogP contribution in [-0.4, -0.2) is 46.8 Å². The number of carbonyl (C=O) groups excluding carboxylic acids is 1. The summed E-state index contributed by atoms with van der Waals surface area (Å²) in [5, 5.41) is 15.7. The Bertz CT molecular complexity index is 1160. The van der Waals surface area contributed by atoms with Crippen molar-refractivity contribution in [1.82, 2.24) is 5.01 Å². The quantitative estimate of drug-likeness (QED) is 0.383. The van der Waals surface area contributed by atoms with Crippen molar-refractivity contribution in [2.45, 2.75) is 26.7 Å². The minimum absolute atomic E-state index is 0.0185. The molecule has 1 amide bonds. The lowest BCUT2D eigenvalue weighted by Gasteiger charge is -2.20. The van der Waals surface area contributed by atoms with E-state index in [1.807, 2.05) is 43.3 Å². The number of ether oxygens (including phenoxy) is 3. The van der Waals surface area contributed by atoms with Crippen LogP contribution in [0.4, 0.5) is 0 Å². The first-order valence-electron chi connectivity index (χ1n) is 11.2. The summed E-state index contributed by atoms with van der Waals surface area (Å²) in [6.07, 6.45) is 3.36. The van der Waals surface area contributed by atoms with E-state index in [0.717, 1.165) is 23.6 Å². The van der Waals surface area contributed by atoms with E-state index in [1.165, 1.54) is 16.8 Å². The summed E-state index contributed by atoms with van der Waals surface area (Å²) >= 11 is 1.34. The SMILES string of the molecule is CCCC1=NN2C(=N)/C(=C/c3ccc(OCCOc4ccccc4)c(OCC)c3)C(=O)N=C2S1. The number of hydrogen-bond donors (Lipinski definition) is 1. The van der Waals surface area contributed by atoms with Gasteiger partial charge in [0.25, 0.3) is 5.91 Å². The fraction of sp³-hybridized carbons (Fsp3) is 0.280. The van der Waals surface area contributed by atoms with Gasteiger partial charge in [-0.15, -0.1) is 0 Å². The first kappa shape index (κ1) is 23.6. The molecule has 0 saturated carbocycles. The highest BCUT2D eigenvalue weighted by Crippen LogP contribution is 2.32. The Kier molecular flexibility index (Phi) is 7.64. The third kappa shape index (κ3) is 5.48. The molecule has 0 aromatic heterocycles. The third-order valence-corrected chi connectivity index (χ3v) is 5.86. The lowest BCUT2D eigenvalue weighted by molar-refractivity contribution is -0.114. The van der Waals surface area contributed by atoms with Crippen molar-refractivity contribution in [3.63, 3.8) is 0 Å². The molecule has 34 heavy (non-hydrogen) atoms. The molecule has 2 aliphatic rings. The predicted octanol–water partition coefficient (Wildman–Crippen LogP) is 4.96. The van der Waals surface area contributed by atoms with Crippen LogP contribution in [0, 0.1) is 5.41 Å². The van der Waals surface area contributed by atoms with Crippen LogP contribution in [0.3, 0.4) is 0 Å². The lowest BCUT2D eigenvalue weighted by Crippen LogP contribution is -2.35. The van der Waals surface area contributed by atoms with E-state index in [2.05, 4.69) is 17.0 Å². The topological polar surface area (TPSA) is 96.6 Å². The van der Waals surface area contributed by atoms with Crippen LogP contribution in [-0.2, 0) is 4.79 Å². The van der Waals surface area contributed by atoms with E-state index in [-0.39, 0.29) is 11.4 Å². The molecule has 0 radical (unpaired) electrons. The Balaban J connectivity index is 1.47. The highest BCUT2D eigenvalue weighted by atomic mass is 32.2. The van der Waals surface area contributed by atoms with Crippen molar-refractivity contribution in [2.75, 3.05) is 19.8 Å². The van der Waals surface area contributed by atoms with Gasteiger partial charge in [0.05, 0.1) is 12.2 Å². The smallest absolute Gasteiger partial charge is 0.283 e. The zero-order chi connectivity index (χ0) is 23.9. The minimum atomic E-state index is -0.451. The van der Waals surface area contributed by atoms with Crippen LogP contribution in [0.5, 0.6) is 17.2 Å². The second kappa shape index (κ2) is 11.0. The monoisotopic (exact) mass is 478 g/mol. The molecular weight excluding hydrogens is 452 g/mol. The van der Waals surface area contributed by atoms with Gasteiger partial charge in [-0.05, 0) is 67.4 Å². The molecule has 9 heteroatoms. The molecule has 0 bridgehead atoms. The number of hydrogen-bond acceptors (Lipinski definition) is 7. The first-order chi connectivity index (χ1) is 16.6. The van der Waals surface area contributed by atoms with E-state index in [1.54, 1.807) is 18.2 Å². The molecule has 0 aliphatic carbocycles. The van der Waals surface area contributed by atoms with Gasteiger partial charge in [-0.3, -0.25) is 10.2 Å². The number of thioether (sulfide) groups is 1.